The molecule has 0 aliphatic rings. The van der Waals surface area contributed by atoms with Gasteiger partial charge in [0.05, 0.1) is 0 Å². The van der Waals surface area contributed by atoms with Gasteiger partial charge in [0.15, 0.2) is 0 Å². The van der Waals surface area contributed by atoms with Gasteiger partial charge in [0.1, 0.15) is 0 Å². The second kappa shape index (κ2) is 29.9. The van der Waals surface area contributed by atoms with Crippen molar-refractivity contribution in [1.29, 1.82) is 0 Å². The Labute approximate surface area is 244 Å². The molecule has 38 heavy (non-hydrogen) atoms. The fraction of sp³-hybridized carbons (Fsp3) is 1.00. The van der Waals surface area contributed by atoms with Crippen LogP contribution >= 0.6 is 0 Å². The van der Waals surface area contributed by atoms with E-state index in [1.165, 1.54) is 199 Å². The monoisotopic (exact) mass is 536 g/mol. The summed E-state index contributed by atoms with van der Waals surface area (Å²) < 4.78 is 0. The Bertz CT molecular complexity index is 396. The van der Waals surface area contributed by atoms with Crippen molar-refractivity contribution >= 4 is 0 Å². The lowest BCUT2D eigenvalue weighted by Gasteiger charge is -2.38. The van der Waals surface area contributed by atoms with E-state index in [0.717, 1.165) is 0 Å². The van der Waals surface area contributed by atoms with Crippen molar-refractivity contribution in [1.82, 2.24) is 4.90 Å². The van der Waals surface area contributed by atoms with Gasteiger partial charge in [-0.05, 0) is 46.2 Å². The molecular weight excluding hydrogens is 458 g/mol. The molecule has 0 unspecified atom stereocenters. The highest BCUT2D eigenvalue weighted by Crippen LogP contribution is 2.21. The van der Waals surface area contributed by atoms with Gasteiger partial charge in [-0.3, -0.25) is 4.90 Å². The Balaban J connectivity index is 3.64. The zero-order valence-corrected chi connectivity index (χ0v) is 27.9. The van der Waals surface area contributed by atoms with Gasteiger partial charge in [-0.15, -0.1) is 0 Å². The van der Waals surface area contributed by atoms with Crippen LogP contribution < -0.4 is 0 Å². The van der Waals surface area contributed by atoms with Gasteiger partial charge in [-0.25, -0.2) is 0 Å². The van der Waals surface area contributed by atoms with Gasteiger partial charge in [0.2, 0.25) is 0 Å². The molecule has 0 rings (SSSR count). The minimum Gasteiger partial charge on any atom is -0.298 e. The van der Waals surface area contributed by atoms with E-state index in [2.05, 4.69) is 39.5 Å². The van der Waals surface area contributed by atoms with Crippen molar-refractivity contribution in [2.75, 3.05) is 13.1 Å². The maximum Gasteiger partial charge on any atom is 0.0150 e. The van der Waals surface area contributed by atoms with Crippen LogP contribution in [0.3, 0.4) is 0 Å². The molecular formula is C37H77N. The van der Waals surface area contributed by atoms with Crippen molar-refractivity contribution in [3.05, 3.63) is 0 Å². The minimum atomic E-state index is 0.368. The van der Waals surface area contributed by atoms with E-state index >= 15 is 0 Å². The van der Waals surface area contributed by atoms with Crippen LogP contribution in [-0.4, -0.2) is 23.5 Å². The topological polar surface area (TPSA) is 3.24 Å². The van der Waals surface area contributed by atoms with E-state index < -0.39 is 0 Å². The summed E-state index contributed by atoms with van der Waals surface area (Å²) in [6.45, 7) is 14.6. The van der Waals surface area contributed by atoms with Crippen molar-refractivity contribution in [3.63, 3.8) is 0 Å². The van der Waals surface area contributed by atoms with Gasteiger partial charge in [-0.1, -0.05) is 188 Å². The summed E-state index contributed by atoms with van der Waals surface area (Å²) in [5.41, 5.74) is 0.368. The van der Waals surface area contributed by atoms with Crippen LogP contribution in [0.5, 0.6) is 0 Å². The van der Waals surface area contributed by atoms with Gasteiger partial charge in [0, 0.05) is 5.54 Å². The van der Waals surface area contributed by atoms with Crippen molar-refractivity contribution in [2.24, 2.45) is 0 Å². The third kappa shape index (κ3) is 26.2. The van der Waals surface area contributed by atoms with Crippen LogP contribution in [0, 0.1) is 0 Å². The lowest BCUT2D eigenvalue weighted by atomic mass is 9.97. The average Bonchev–Trinajstić information content (AvgIpc) is 2.92. The first-order valence-electron chi connectivity index (χ1n) is 18.3. The van der Waals surface area contributed by atoms with Crippen molar-refractivity contribution < 1.29 is 0 Å². The van der Waals surface area contributed by atoms with Gasteiger partial charge in [0.25, 0.3) is 0 Å². The molecule has 0 bridgehead atoms. The minimum absolute atomic E-state index is 0.368. The Kier molecular flexibility index (Phi) is 29.9. The fourth-order valence-electron chi connectivity index (χ4n) is 5.94. The summed E-state index contributed by atoms with van der Waals surface area (Å²) >= 11 is 0. The molecule has 0 radical (unpaired) electrons. The number of nitrogens with zero attached hydrogens (tertiary/aromatic N) is 1. The zero-order valence-electron chi connectivity index (χ0n) is 27.9. The number of hydrogen-bond donors (Lipinski definition) is 0. The SMILES string of the molecule is CCCCCCCCCCCCCCCCN(CCCCCCCCCCCCCCCC)C(C)(C)CC. The molecule has 1 heteroatoms. The predicted molar refractivity (Wildman–Crippen MR) is 177 cm³/mol. The molecule has 0 heterocycles. The van der Waals surface area contributed by atoms with Crippen molar-refractivity contribution in [3.8, 4) is 0 Å². The Morgan fingerprint density at radius 1 is 0.316 bits per heavy atom. The van der Waals surface area contributed by atoms with Crippen LogP contribution in [0.2, 0.25) is 0 Å². The first-order valence-corrected chi connectivity index (χ1v) is 18.3. The fourth-order valence-corrected chi connectivity index (χ4v) is 5.94. The highest BCUT2D eigenvalue weighted by atomic mass is 15.2. The number of hydrogen-bond acceptors (Lipinski definition) is 1. The van der Waals surface area contributed by atoms with Crippen LogP contribution in [0.25, 0.3) is 0 Å². The first kappa shape index (κ1) is 38.0. The standard InChI is InChI=1S/C37H77N/c1-6-9-11-13-15-17-19-21-23-25-27-29-31-33-35-38(37(4,5)8-3)36-34-32-30-28-26-24-22-20-18-16-14-12-10-7-2/h6-36H2,1-5H3. The summed E-state index contributed by atoms with van der Waals surface area (Å²) in [5, 5.41) is 0. The third-order valence-corrected chi connectivity index (χ3v) is 9.28. The largest absolute Gasteiger partial charge is 0.298 e. The molecule has 0 spiro atoms. The Hall–Kier alpha value is -0.0400. The lowest BCUT2D eigenvalue weighted by molar-refractivity contribution is 0.110. The number of rotatable bonds is 32. The Morgan fingerprint density at radius 3 is 0.737 bits per heavy atom. The maximum atomic E-state index is 2.83. The van der Waals surface area contributed by atoms with Crippen LogP contribution in [0.1, 0.15) is 221 Å². The van der Waals surface area contributed by atoms with E-state index in [0.29, 0.717) is 5.54 Å². The second-order valence-electron chi connectivity index (χ2n) is 13.3. The molecule has 230 valence electrons. The molecule has 0 amide bonds. The molecule has 0 saturated carbocycles. The first-order chi connectivity index (χ1) is 18.6. The molecule has 0 aliphatic carbocycles. The van der Waals surface area contributed by atoms with Crippen molar-refractivity contribution in [2.45, 2.75) is 226 Å². The van der Waals surface area contributed by atoms with E-state index in [1.54, 1.807) is 0 Å². The zero-order chi connectivity index (χ0) is 28.0. The summed E-state index contributed by atoms with van der Waals surface area (Å²) in [7, 11) is 0. The smallest absolute Gasteiger partial charge is 0.0150 e. The molecule has 0 N–H and O–H groups in total. The number of unbranched alkanes of at least 4 members (excludes halogenated alkanes) is 26. The highest BCUT2D eigenvalue weighted by Gasteiger charge is 2.23. The molecule has 0 fully saturated rings. The van der Waals surface area contributed by atoms with Gasteiger partial charge < -0.3 is 0 Å². The molecule has 0 aromatic carbocycles. The molecule has 0 saturated heterocycles. The summed E-state index contributed by atoms with van der Waals surface area (Å²) in [4.78, 5) is 2.83. The normalized spacial score (nSPS) is 12.2. The Morgan fingerprint density at radius 2 is 0.526 bits per heavy atom. The van der Waals surface area contributed by atoms with Crippen LogP contribution in [0.4, 0.5) is 0 Å². The second-order valence-corrected chi connectivity index (χ2v) is 13.3. The van der Waals surface area contributed by atoms with Crippen LogP contribution in [0.15, 0.2) is 0 Å². The molecule has 0 aromatic heterocycles. The molecule has 0 aliphatic heterocycles. The van der Waals surface area contributed by atoms with E-state index in [-0.39, 0.29) is 0 Å². The molecule has 1 nitrogen and oxygen atoms in total. The van der Waals surface area contributed by atoms with E-state index in [9.17, 15) is 0 Å². The van der Waals surface area contributed by atoms with Crippen LogP contribution in [-0.2, 0) is 0 Å². The summed E-state index contributed by atoms with van der Waals surface area (Å²) in [6, 6.07) is 0. The maximum absolute atomic E-state index is 2.83. The molecule has 0 aromatic rings. The van der Waals surface area contributed by atoms with Gasteiger partial charge in [-0.2, -0.15) is 0 Å². The van der Waals surface area contributed by atoms with Gasteiger partial charge >= 0.3 is 0 Å². The lowest BCUT2D eigenvalue weighted by Crippen LogP contribution is -2.44. The summed E-state index contributed by atoms with van der Waals surface area (Å²) in [6.07, 6.45) is 42.0. The quantitative estimate of drug-likeness (QED) is 0.0774. The summed E-state index contributed by atoms with van der Waals surface area (Å²) in [5.74, 6) is 0. The third-order valence-electron chi connectivity index (χ3n) is 9.28. The van der Waals surface area contributed by atoms with E-state index in [4.69, 9.17) is 0 Å². The van der Waals surface area contributed by atoms with E-state index in [1.807, 2.05) is 0 Å². The predicted octanol–water partition coefficient (Wildman–Crippen LogP) is 13.4. The highest BCUT2D eigenvalue weighted by molar-refractivity contribution is 4.80. The average molecular weight is 536 g/mol. The molecule has 0 atom stereocenters.